The molecule has 0 radical (unpaired) electrons. The van der Waals surface area contributed by atoms with Crippen LogP contribution in [0, 0.1) is 11.6 Å². The quantitative estimate of drug-likeness (QED) is 0.865. The van der Waals surface area contributed by atoms with Crippen molar-refractivity contribution in [2.45, 2.75) is 11.8 Å². The Balaban J connectivity index is 2.41. The molecule has 2 rings (SSSR count). The second-order valence-electron chi connectivity index (χ2n) is 4.95. The molecule has 0 aliphatic carbocycles. The minimum atomic E-state index is -0.968. The van der Waals surface area contributed by atoms with Crippen molar-refractivity contribution in [3.63, 3.8) is 0 Å². The van der Waals surface area contributed by atoms with E-state index in [1.807, 2.05) is 6.07 Å². The van der Waals surface area contributed by atoms with Gasteiger partial charge in [-0.3, -0.25) is 4.98 Å². The summed E-state index contributed by atoms with van der Waals surface area (Å²) in [5.41, 5.74) is 5.83. The first-order chi connectivity index (χ1) is 9.99. The molecule has 0 aliphatic heterocycles. The third kappa shape index (κ3) is 3.64. The normalized spacial score (nSPS) is 14.0. The third-order valence-electron chi connectivity index (χ3n) is 3.48. The molecular weight excluding hydrogens is 342 g/mol. The van der Waals surface area contributed by atoms with Crippen molar-refractivity contribution in [2.24, 2.45) is 5.73 Å². The molecule has 21 heavy (non-hydrogen) atoms. The number of pyridine rings is 1. The van der Waals surface area contributed by atoms with Crippen LogP contribution >= 0.6 is 15.9 Å². The first-order valence-electron chi connectivity index (χ1n) is 6.37. The van der Waals surface area contributed by atoms with E-state index in [0.717, 1.165) is 10.5 Å². The van der Waals surface area contributed by atoms with Gasteiger partial charge in [0, 0.05) is 40.8 Å². The highest BCUT2D eigenvalue weighted by molar-refractivity contribution is 9.10. The highest BCUT2D eigenvalue weighted by atomic mass is 79.9. The van der Waals surface area contributed by atoms with Crippen LogP contribution in [0.25, 0.3) is 0 Å². The van der Waals surface area contributed by atoms with Crippen LogP contribution in [0.2, 0.25) is 0 Å². The lowest BCUT2D eigenvalue weighted by Gasteiger charge is -2.31. The zero-order valence-corrected chi connectivity index (χ0v) is 12.8. The highest BCUT2D eigenvalue weighted by Gasteiger charge is 2.32. The summed E-state index contributed by atoms with van der Waals surface area (Å²) in [5.74, 6) is -1.39. The molecule has 6 heteroatoms. The maximum absolute atomic E-state index is 13.4. The van der Waals surface area contributed by atoms with Crippen molar-refractivity contribution in [3.8, 4) is 0 Å². The van der Waals surface area contributed by atoms with Crippen LogP contribution in [0.15, 0.2) is 41.0 Å². The van der Waals surface area contributed by atoms with Crippen LogP contribution < -0.4 is 5.73 Å². The summed E-state index contributed by atoms with van der Waals surface area (Å²) in [6.07, 6.45) is 1.91. The van der Waals surface area contributed by atoms with Gasteiger partial charge in [-0.15, -0.1) is 0 Å². The summed E-state index contributed by atoms with van der Waals surface area (Å²) in [5, 5.41) is 9.77. The topological polar surface area (TPSA) is 59.1 Å². The second kappa shape index (κ2) is 6.60. The Hall–Kier alpha value is -1.37. The van der Waals surface area contributed by atoms with Gasteiger partial charge in [0.15, 0.2) is 0 Å². The first-order valence-corrected chi connectivity index (χ1v) is 7.16. The molecule has 0 saturated carbocycles. The van der Waals surface area contributed by atoms with Crippen molar-refractivity contribution in [1.82, 2.24) is 4.98 Å². The summed E-state index contributed by atoms with van der Waals surface area (Å²) in [4.78, 5) is 4.23. The molecule has 0 fully saturated rings. The fourth-order valence-corrected chi connectivity index (χ4v) is 2.46. The van der Waals surface area contributed by atoms with E-state index < -0.39 is 17.0 Å². The minimum absolute atomic E-state index is 0.0458. The molecule has 1 heterocycles. The van der Waals surface area contributed by atoms with Gasteiger partial charge >= 0.3 is 0 Å². The smallest absolute Gasteiger partial charge is 0.126 e. The zero-order valence-electron chi connectivity index (χ0n) is 11.2. The number of nitrogens with zero attached hydrogens (tertiary/aromatic N) is 1. The minimum Gasteiger partial charge on any atom is -0.395 e. The van der Waals surface area contributed by atoms with Gasteiger partial charge in [0.1, 0.15) is 11.6 Å². The molecule has 1 aromatic carbocycles. The van der Waals surface area contributed by atoms with Crippen LogP contribution in [0.4, 0.5) is 8.78 Å². The van der Waals surface area contributed by atoms with Crippen LogP contribution in [-0.2, 0) is 11.8 Å². The van der Waals surface area contributed by atoms with Gasteiger partial charge in [0.25, 0.3) is 0 Å². The van der Waals surface area contributed by atoms with E-state index in [1.165, 1.54) is 12.1 Å². The molecule has 3 N–H and O–H groups in total. The maximum Gasteiger partial charge on any atom is 0.126 e. The average molecular weight is 357 g/mol. The van der Waals surface area contributed by atoms with Crippen LogP contribution in [0.3, 0.4) is 0 Å². The lowest BCUT2D eigenvalue weighted by atomic mass is 9.77. The van der Waals surface area contributed by atoms with Gasteiger partial charge in [-0.1, -0.05) is 0 Å². The van der Waals surface area contributed by atoms with Crippen molar-refractivity contribution in [2.75, 3.05) is 13.2 Å². The second-order valence-corrected chi connectivity index (χ2v) is 5.86. The molecule has 1 aromatic heterocycles. The number of hydrogen-bond donors (Lipinski definition) is 2. The Morgan fingerprint density at radius 2 is 1.86 bits per heavy atom. The van der Waals surface area contributed by atoms with Crippen molar-refractivity contribution < 1.29 is 13.9 Å². The van der Waals surface area contributed by atoms with Gasteiger partial charge in [0.2, 0.25) is 0 Å². The standard InChI is InChI=1S/C15H15BrF2N2O/c16-11-1-2-14(20-7-11)6-15(8-19,9-21)10-3-12(17)5-13(18)4-10/h1-5,7,21H,6,8-9,19H2. The fraction of sp³-hybridized carbons (Fsp3) is 0.267. The average Bonchev–Trinajstić information content (AvgIpc) is 2.46. The molecule has 0 spiro atoms. The van der Waals surface area contributed by atoms with E-state index in [9.17, 15) is 13.9 Å². The van der Waals surface area contributed by atoms with Gasteiger partial charge in [-0.25, -0.2) is 8.78 Å². The van der Waals surface area contributed by atoms with E-state index in [-0.39, 0.29) is 19.6 Å². The van der Waals surface area contributed by atoms with E-state index in [4.69, 9.17) is 5.73 Å². The molecular formula is C15H15BrF2N2O. The Labute approximate surface area is 130 Å². The SMILES string of the molecule is NCC(CO)(Cc1ccc(Br)cn1)c1cc(F)cc(F)c1. The van der Waals surface area contributed by atoms with Crippen molar-refractivity contribution >= 4 is 15.9 Å². The number of aromatic nitrogens is 1. The van der Waals surface area contributed by atoms with Gasteiger partial charge in [-0.2, -0.15) is 0 Å². The molecule has 1 unspecified atom stereocenters. The lowest BCUT2D eigenvalue weighted by Crippen LogP contribution is -2.41. The summed E-state index contributed by atoms with van der Waals surface area (Å²) in [6.45, 7) is -0.283. The van der Waals surface area contributed by atoms with E-state index in [0.29, 0.717) is 11.3 Å². The van der Waals surface area contributed by atoms with Crippen molar-refractivity contribution in [3.05, 3.63) is 63.9 Å². The molecule has 112 valence electrons. The Bertz CT molecular complexity index is 595. The molecule has 0 aliphatic rings. The number of hydrogen-bond acceptors (Lipinski definition) is 3. The summed E-state index contributed by atoms with van der Waals surface area (Å²) >= 11 is 3.29. The first kappa shape index (κ1) is 16.0. The van der Waals surface area contributed by atoms with Crippen molar-refractivity contribution in [1.29, 1.82) is 0 Å². The number of halogens is 3. The van der Waals surface area contributed by atoms with Crippen LogP contribution in [0.1, 0.15) is 11.3 Å². The van der Waals surface area contributed by atoms with Gasteiger partial charge < -0.3 is 10.8 Å². The summed E-state index contributed by atoms with van der Waals surface area (Å²) < 4.78 is 27.7. The summed E-state index contributed by atoms with van der Waals surface area (Å²) in [7, 11) is 0. The Morgan fingerprint density at radius 3 is 2.33 bits per heavy atom. The van der Waals surface area contributed by atoms with E-state index >= 15 is 0 Å². The summed E-state index contributed by atoms with van der Waals surface area (Å²) in [6, 6.07) is 6.78. The highest BCUT2D eigenvalue weighted by Crippen LogP contribution is 2.28. The van der Waals surface area contributed by atoms with E-state index in [1.54, 1.807) is 12.3 Å². The fourth-order valence-electron chi connectivity index (χ4n) is 2.22. The van der Waals surface area contributed by atoms with Crippen LogP contribution in [0.5, 0.6) is 0 Å². The number of benzene rings is 1. The lowest BCUT2D eigenvalue weighted by molar-refractivity contribution is 0.194. The monoisotopic (exact) mass is 356 g/mol. The Kier molecular flexibility index (Phi) is 5.03. The Morgan fingerprint density at radius 1 is 1.19 bits per heavy atom. The number of rotatable bonds is 5. The molecule has 0 amide bonds. The molecule has 0 saturated heterocycles. The maximum atomic E-state index is 13.4. The largest absolute Gasteiger partial charge is 0.395 e. The third-order valence-corrected chi connectivity index (χ3v) is 3.95. The zero-order chi connectivity index (χ0) is 15.5. The molecule has 0 bridgehead atoms. The van der Waals surface area contributed by atoms with Gasteiger partial charge in [0.05, 0.1) is 6.61 Å². The number of aliphatic hydroxyl groups excluding tert-OH is 1. The predicted octanol–water partition coefficient (Wildman–Crippen LogP) is 2.55. The van der Waals surface area contributed by atoms with Crippen LogP contribution in [-0.4, -0.2) is 23.2 Å². The molecule has 2 aromatic rings. The van der Waals surface area contributed by atoms with E-state index in [2.05, 4.69) is 20.9 Å². The number of nitrogens with two attached hydrogens (primary N) is 1. The predicted molar refractivity (Wildman–Crippen MR) is 79.8 cm³/mol. The van der Waals surface area contributed by atoms with Gasteiger partial charge in [-0.05, 0) is 45.8 Å². The number of aliphatic hydroxyl groups is 1. The molecule has 3 nitrogen and oxygen atoms in total. The molecule has 1 atom stereocenters.